The second-order valence-electron chi connectivity index (χ2n) is 5.80. The molecule has 0 aromatic carbocycles. The molecule has 1 N–H and O–H groups in total. The lowest BCUT2D eigenvalue weighted by Crippen LogP contribution is -2.31. The fourth-order valence-corrected chi connectivity index (χ4v) is 2.77. The van der Waals surface area contributed by atoms with Crippen LogP contribution in [0.2, 0.25) is 5.15 Å². The fraction of sp³-hybridized carbons (Fsp3) is 0.800. The average molecular weight is 286 g/mol. The summed E-state index contributed by atoms with van der Waals surface area (Å²) in [7, 11) is 1.90. The first kappa shape index (κ1) is 16.5. The van der Waals surface area contributed by atoms with Crippen molar-refractivity contribution >= 4 is 11.6 Å². The standard InChI is InChI=1S/C15H28ClN3/c1-6-9-17-13(10-11(2)3)7-8-14-12(4)18-19(5)15(14)16/h11,13,17H,6-10H2,1-5H3. The van der Waals surface area contributed by atoms with Crippen LogP contribution in [0.1, 0.15) is 51.3 Å². The molecule has 0 bridgehead atoms. The summed E-state index contributed by atoms with van der Waals surface area (Å²) in [4.78, 5) is 0. The summed E-state index contributed by atoms with van der Waals surface area (Å²) in [6.45, 7) is 9.91. The molecule has 0 saturated carbocycles. The van der Waals surface area contributed by atoms with Gasteiger partial charge in [0.05, 0.1) is 5.69 Å². The molecule has 0 fully saturated rings. The highest BCUT2D eigenvalue weighted by atomic mass is 35.5. The van der Waals surface area contributed by atoms with Gasteiger partial charge in [0.2, 0.25) is 0 Å². The van der Waals surface area contributed by atoms with Gasteiger partial charge in [-0.05, 0) is 45.1 Å². The van der Waals surface area contributed by atoms with Crippen molar-refractivity contribution in [2.45, 2.75) is 59.4 Å². The summed E-state index contributed by atoms with van der Waals surface area (Å²) in [6, 6.07) is 0.579. The number of rotatable bonds is 8. The number of nitrogens with one attached hydrogen (secondary N) is 1. The van der Waals surface area contributed by atoms with E-state index in [1.54, 1.807) is 4.68 Å². The third kappa shape index (κ3) is 5.15. The van der Waals surface area contributed by atoms with E-state index in [1.807, 2.05) is 14.0 Å². The summed E-state index contributed by atoms with van der Waals surface area (Å²) in [5, 5.41) is 8.81. The van der Waals surface area contributed by atoms with Gasteiger partial charge in [0.25, 0.3) is 0 Å². The minimum atomic E-state index is 0.579. The number of hydrogen-bond donors (Lipinski definition) is 1. The van der Waals surface area contributed by atoms with E-state index in [9.17, 15) is 0 Å². The largest absolute Gasteiger partial charge is 0.314 e. The SMILES string of the molecule is CCCNC(CCc1c(C)nn(C)c1Cl)CC(C)C. The lowest BCUT2D eigenvalue weighted by atomic mass is 9.97. The first-order chi connectivity index (χ1) is 8.95. The molecule has 1 unspecified atom stereocenters. The number of aryl methyl sites for hydroxylation is 2. The Morgan fingerprint density at radius 2 is 2.05 bits per heavy atom. The summed E-state index contributed by atoms with van der Waals surface area (Å²) < 4.78 is 1.77. The molecule has 19 heavy (non-hydrogen) atoms. The van der Waals surface area contributed by atoms with E-state index in [4.69, 9.17) is 11.6 Å². The molecule has 4 heteroatoms. The summed E-state index contributed by atoms with van der Waals surface area (Å²) >= 11 is 6.29. The van der Waals surface area contributed by atoms with Crippen LogP contribution < -0.4 is 5.32 Å². The van der Waals surface area contributed by atoms with Crippen molar-refractivity contribution in [3.05, 3.63) is 16.4 Å². The average Bonchev–Trinajstić information content (AvgIpc) is 2.57. The zero-order valence-corrected chi connectivity index (χ0v) is 13.7. The number of nitrogens with zero attached hydrogens (tertiary/aromatic N) is 2. The lowest BCUT2D eigenvalue weighted by molar-refractivity contribution is 0.398. The van der Waals surface area contributed by atoms with Crippen LogP contribution in [-0.4, -0.2) is 22.4 Å². The maximum absolute atomic E-state index is 6.29. The Balaban J connectivity index is 2.59. The van der Waals surface area contributed by atoms with Gasteiger partial charge < -0.3 is 5.32 Å². The van der Waals surface area contributed by atoms with Crippen molar-refractivity contribution < 1.29 is 0 Å². The smallest absolute Gasteiger partial charge is 0.130 e. The predicted octanol–water partition coefficient (Wildman–Crippen LogP) is 3.73. The van der Waals surface area contributed by atoms with Gasteiger partial charge in [0.1, 0.15) is 5.15 Å². The Bertz CT molecular complexity index is 385. The van der Waals surface area contributed by atoms with Crippen LogP contribution in [0.25, 0.3) is 0 Å². The topological polar surface area (TPSA) is 29.9 Å². The van der Waals surface area contributed by atoms with E-state index in [0.717, 1.165) is 36.2 Å². The van der Waals surface area contributed by atoms with Gasteiger partial charge in [-0.1, -0.05) is 32.4 Å². The van der Waals surface area contributed by atoms with Crippen LogP contribution >= 0.6 is 11.6 Å². The zero-order valence-electron chi connectivity index (χ0n) is 13.0. The van der Waals surface area contributed by atoms with Crippen LogP contribution in [0, 0.1) is 12.8 Å². The van der Waals surface area contributed by atoms with E-state index >= 15 is 0 Å². The molecule has 1 rings (SSSR count). The van der Waals surface area contributed by atoms with Crippen molar-refractivity contribution in [3.8, 4) is 0 Å². The summed E-state index contributed by atoms with van der Waals surface area (Å²) in [5.41, 5.74) is 2.27. The Morgan fingerprint density at radius 3 is 2.53 bits per heavy atom. The van der Waals surface area contributed by atoms with Crippen LogP contribution in [0.5, 0.6) is 0 Å². The molecule has 3 nitrogen and oxygen atoms in total. The highest BCUT2D eigenvalue weighted by molar-refractivity contribution is 6.30. The maximum Gasteiger partial charge on any atom is 0.130 e. The Kier molecular flexibility index (Phi) is 6.87. The first-order valence-electron chi connectivity index (χ1n) is 7.37. The molecule has 0 spiro atoms. The summed E-state index contributed by atoms with van der Waals surface area (Å²) in [5.74, 6) is 0.722. The van der Waals surface area contributed by atoms with E-state index in [2.05, 4.69) is 31.2 Å². The zero-order chi connectivity index (χ0) is 14.4. The van der Waals surface area contributed by atoms with E-state index in [1.165, 1.54) is 18.4 Å². The van der Waals surface area contributed by atoms with Gasteiger partial charge >= 0.3 is 0 Å². The third-order valence-corrected chi connectivity index (χ3v) is 3.92. The molecule has 110 valence electrons. The molecule has 0 amide bonds. The minimum Gasteiger partial charge on any atom is -0.314 e. The van der Waals surface area contributed by atoms with Crippen LogP contribution in [0.4, 0.5) is 0 Å². The van der Waals surface area contributed by atoms with Crippen molar-refractivity contribution in [1.29, 1.82) is 0 Å². The van der Waals surface area contributed by atoms with Crippen molar-refractivity contribution in [1.82, 2.24) is 15.1 Å². The Labute approximate surface area is 122 Å². The molecule has 0 aliphatic carbocycles. The first-order valence-corrected chi connectivity index (χ1v) is 7.74. The Morgan fingerprint density at radius 1 is 1.37 bits per heavy atom. The van der Waals surface area contributed by atoms with Gasteiger partial charge in [-0.25, -0.2) is 0 Å². The molecule has 0 aliphatic rings. The van der Waals surface area contributed by atoms with Gasteiger partial charge in [0.15, 0.2) is 0 Å². The van der Waals surface area contributed by atoms with E-state index < -0.39 is 0 Å². The van der Waals surface area contributed by atoms with E-state index in [-0.39, 0.29) is 0 Å². The van der Waals surface area contributed by atoms with Crippen LogP contribution in [0.3, 0.4) is 0 Å². The molecule has 0 saturated heterocycles. The highest BCUT2D eigenvalue weighted by Gasteiger charge is 2.15. The fourth-order valence-electron chi connectivity index (χ4n) is 2.50. The monoisotopic (exact) mass is 285 g/mol. The number of halogens is 1. The maximum atomic E-state index is 6.29. The molecule has 0 aliphatic heterocycles. The van der Waals surface area contributed by atoms with Gasteiger partial charge in [0, 0.05) is 18.7 Å². The molecule has 0 radical (unpaired) electrons. The van der Waals surface area contributed by atoms with Gasteiger partial charge in [-0.15, -0.1) is 0 Å². The normalized spacial score (nSPS) is 13.2. The lowest BCUT2D eigenvalue weighted by Gasteiger charge is -2.20. The minimum absolute atomic E-state index is 0.579. The third-order valence-electron chi connectivity index (χ3n) is 3.45. The molecular weight excluding hydrogens is 258 g/mol. The molecule has 1 aromatic heterocycles. The summed E-state index contributed by atoms with van der Waals surface area (Å²) in [6.07, 6.45) is 4.54. The second-order valence-corrected chi connectivity index (χ2v) is 6.16. The number of hydrogen-bond acceptors (Lipinski definition) is 2. The predicted molar refractivity (Wildman–Crippen MR) is 82.8 cm³/mol. The highest BCUT2D eigenvalue weighted by Crippen LogP contribution is 2.21. The van der Waals surface area contributed by atoms with Crippen LogP contribution in [-0.2, 0) is 13.5 Å². The van der Waals surface area contributed by atoms with Crippen molar-refractivity contribution in [2.24, 2.45) is 13.0 Å². The number of aromatic nitrogens is 2. The van der Waals surface area contributed by atoms with Crippen molar-refractivity contribution in [3.63, 3.8) is 0 Å². The van der Waals surface area contributed by atoms with Gasteiger partial charge in [-0.2, -0.15) is 5.10 Å². The van der Waals surface area contributed by atoms with Crippen molar-refractivity contribution in [2.75, 3.05) is 6.54 Å². The molecule has 1 heterocycles. The van der Waals surface area contributed by atoms with Crippen LogP contribution in [0.15, 0.2) is 0 Å². The van der Waals surface area contributed by atoms with E-state index in [0.29, 0.717) is 6.04 Å². The molecule has 1 atom stereocenters. The molecular formula is C15H28ClN3. The Hall–Kier alpha value is -0.540. The van der Waals surface area contributed by atoms with Gasteiger partial charge in [-0.3, -0.25) is 4.68 Å². The molecule has 1 aromatic rings. The second kappa shape index (κ2) is 7.91. The quantitative estimate of drug-likeness (QED) is 0.789.